The maximum absolute atomic E-state index is 12.9. The van der Waals surface area contributed by atoms with Gasteiger partial charge in [0.25, 0.3) is 11.8 Å². The monoisotopic (exact) mass is 839 g/mol. The van der Waals surface area contributed by atoms with Crippen molar-refractivity contribution in [2.45, 2.75) is 83.5 Å². The molecular formula is C40H39Cl2N11O6. The number of hydrogen-bond acceptors (Lipinski definition) is 12. The molecule has 2 aliphatic carbocycles. The van der Waals surface area contributed by atoms with Gasteiger partial charge in [-0.2, -0.15) is 19.2 Å². The Hall–Kier alpha value is -6.33. The number of carbonyl (C=O) groups excluding carboxylic acids is 5. The van der Waals surface area contributed by atoms with E-state index in [4.69, 9.17) is 32.9 Å². The molecule has 2 saturated carbocycles. The topological polar surface area (TPSA) is 206 Å². The van der Waals surface area contributed by atoms with Crippen LogP contribution < -0.4 is 26.2 Å². The Labute approximate surface area is 347 Å². The molecule has 0 atom stereocenters. The number of nitrogens with one attached hydrogen (secondary N) is 4. The third kappa shape index (κ3) is 9.21. The summed E-state index contributed by atoms with van der Waals surface area (Å²) >= 11 is 12.2. The normalized spacial score (nSPS) is 18.0. The zero-order chi connectivity index (χ0) is 41.6. The number of fused-ring (bicyclic) bond motifs is 2. The van der Waals surface area contributed by atoms with Gasteiger partial charge in [0.2, 0.25) is 11.8 Å². The lowest BCUT2D eigenvalue weighted by atomic mass is 10.1. The fourth-order valence-electron chi connectivity index (χ4n) is 6.41. The molecular weight excluding hydrogens is 801 g/mol. The fourth-order valence-corrected chi connectivity index (χ4v) is 6.71. The number of imide groups is 2. The summed E-state index contributed by atoms with van der Waals surface area (Å²) in [5, 5.41) is 21.0. The van der Waals surface area contributed by atoms with E-state index in [1.807, 2.05) is 30.3 Å². The lowest BCUT2D eigenvalue weighted by Gasteiger charge is -2.27. The zero-order valence-electron chi connectivity index (χ0n) is 32.2. The second-order valence-corrected chi connectivity index (χ2v) is 16.4. The molecule has 4 N–H and O–H groups in total. The van der Waals surface area contributed by atoms with E-state index in [-0.39, 0.29) is 41.8 Å². The minimum atomic E-state index is -0.651. The van der Waals surface area contributed by atoms with Crippen LogP contribution >= 0.6 is 23.2 Å². The quantitative estimate of drug-likeness (QED) is 0.0800. The molecule has 2 saturated heterocycles. The van der Waals surface area contributed by atoms with Gasteiger partial charge in [-0.05, 0) is 76.3 Å². The van der Waals surface area contributed by atoms with Crippen LogP contribution in [0.2, 0.25) is 10.2 Å². The highest BCUT2D eigenvalue weighted by molar-refractivity contribution is 6.30. The van der Waals surface area contributed by atoms with E-state index in [1.54, 1.807) is 54.6 Å². The molecule has 19 heteroatoms. The highest BCUT2D eigenvalue weighted by Gasteiger charge is 2.38. The summed E-state index contributed by atoms with van der Waals surface area (Å²) in [6.07, 6.45) is 9.94. The fraction of sp³-hybridized carbons (Fsp3) is 0.325. The number of anilines is 3. The molecule has 1 aromatic carbocycles. The smallest absolute Gasteiger partial charge is 0.416 e. The van der Waals surface area contributed by atoms with Crippen molar-refractivity contribution in [3.05, 3.63) is 86.8 Å². The number of rotatable bonds is 9. The van der Waals surface area contributed by atoms with E-state index in [1.165, 1.54) is 10.7 Å². The van der Waals surface area contributed by atoms with Gasteiger partial charge >= 0.3 is 6.09 Å². The third-order valence-corrected chi connectivity index (χ3v) is 9.91. The minimum Gasteiger partial charge on any atom is -0.443 e. The van der Waals surface area contributed by atoms with Crippen LogP contribution in [0.15, 0.2) is 59.9 Å². The van der Waals surface area contributed by atoms with Gasteiger partial charge in [-0.1, -0.05) is 35.3 Å². The molecule has 0 unspecified atom stereocenters. The van der Waals surface area contributed by atoms with Crippen molar-refractivity contribution in [3.63, 3.8) is 0 Å². The first-order valence-electron chi connectivity index (χ1n) is 19.0. The molecule has 4 fully saturated rings. The summed E-state index contributed by atoms with van der Waals surface area (Å²) < 4.78 is 8.79. The predicted molar refractivity (Wildman–Crippen MR) is 220 cm³/mol. The van der Waals surface area contributed by atoms with Crippen molar-refractivity contribution < 1.29 is 28.7 Å². The second kappa shape index (κ2) is 15.8. The Morgan fingerprint density at radius 3 is 2.00 bits per heavy atom. The molecule has 9 rings (SSSR count). The number of ether oxygens (including phenoxy) is 1. The van der Waals surface area contributed by atoms with E-state index in [0.717, 1.165) is 37.1 Å². The first-order valence-corrected chi connectivity index (χ1v) is 19.7. The molecule has 0 bridgehead atoms. The molecule has 2 aliphatic heterocycles. The molecule has 4 aliphatic rings. The van der Waals surface area contributed by atoms with E-state index in [0.29, 0.717) is 62.8 Å². The SMILES string of the molecule is CC(C)(C)OC(=O)N(c1cc(Cl)nc2c(/C=C3\CC(=O)NC3=O)cnn12)C1CC1.O=C1C/C(=C\c2cnn3c(NC4CC4)cc(NCc4ccc(Cl)cc4)nc23)C(=O)N1. The number of carbonyl (C=O) groups is 5. The molecule has 304 valence electrons. The summed E-state index contributed by atoms with van der Waals surface area (Å²) in [4.78, 5) is 70.1. The Morgan fingerprint density at radius 2 is 1.46 bits per heavy atom. The Balaban J connectivity index is 0.000000164. The molecule has 17 nitrogen and oxygen atoms in total. The number of halogens is 2. The van der Waals surface area contributed by atoms with E-state index >= 15 is 0 Å². The standard InChI is InChI=1S/C21H19ClN6O2.C19H20ClN5O4/c22-15-3-1-12(2-4-15)10-23-17-9-18(25-16-5-6-16)28-20(26-17)14(11-24-28)7-13-8-19(29)27-21(13)30;1-19(2,3)29-18(28)24(12-4-5-12)15-8-13(20)22-16-11(9-21-25(15)16)6-10-7-14(26)23-17(10)27/h1-4,7,9,11,16,25H,5-6,8,10H2,(H,23,26)(H,27,29,30);6,8-9,12H,4-5,7H2,1-3H3,(H,23,26,27)/b13-7+;10-6+. The highest BCUT2D eigenvalue weighted by Crippen LogP contribution is 2.35. The molecule has 0 spiro atoms. The van der Waals surface area contributed by atoms with Gasteiger partial charge in [0, 0.05) is 58.1 Å². The van der Waals surface area contributed by atoms with Gasteiger partial charge in [-0.25, -0.2) is 14.8 Å². The first kappa shape index (κ1) is 39.5. The van der Waals surface area contributed by atoms with Crippen molar-refractivity contribution in [2.75, 3.05) is 15.5 Å². The summed E-state index contributed by atoms with van der Waals surface area (Å²) in [7, 11) is 0. The Bertz CT molecular complexity index is 2600. The van der Waals surface area contributed by atoms with Crippen LogP contribution in [0.25, 0.3) is 23.4 Å². The van der Waals surface area contributed by atoms with Crippen molar-refractivity contribution in [3.8, 4) is 0 Å². The Morgan fingerprint density at radius 1 is 0.864 bits per heavy atom. The van der Waals surface area contributed by atoms with Crippen LogP contribution in [0.4, 0.5) is 22.2 Å². The van der Waals surface area contributed by atoms with Gasteiger partial charge < -0.3 is 15.4 Å². The van der Waals surface area contributed by atoms with Crippen LogP contribution in [-0.4, -0.2) is 76.6 Å². The lowest BCUT2D eigenvalue weighted by Crippen LogP contribution is -2.39. The van der Waals surface area contributed by atoms with Gasteiger partial charge in [-0.15, -0.1) is 0 Å². The van der Waals surface area contributed by atoms with Crippen LogP contribution in [0.5, 0.6) is 0 Å². The molecule has 0 radical (unpaired) electrons. The number of aromatic nitrogens is 6. The average molecular weight is 841 g/mol. The van der Waals surface area contributed by atoms with Gasteiger partial charge in [0.05, 0.1) is 25.2 Å². The average Bonchev–Trinajstić information content (AvgIpc) is 4.04. The maximum Gasteiger partial charge on any atom is 0.416 e. The minimum absolute atomic E-state index is 0.00393. The lowest BCUT2D eigenvalue weighted by molar-refractivity contribution is -0.125. The Kier molecular flexibility index (Phi) is 10.6. The second-order valence-electron chi connectivity index (χ2n) is 15.6. The number of benzene rings is 1. The molecule has 59 heavy (non-hydrogen) atoms. The summed E-state index contributed by atoms with van der Waals surface area (Å²) in [6, 6.07) is 11.5. The molecule has 5 amide bonds. The number of hydrogen-bond donors (Lipinski definition) is 4. The van der Waals surface area contributed by atoms with E-state index in [9.17, 15) is 24.0 Å². The van der Waals surface area contributed by atoms with E-state index in [2.05, 4.69) is 36.4 Å². The first-order chi connectivity index (χ1) is 28.2. The zero-order valence-corrected chi connectivity index (χ0v) is 33.7. The molecule has 4 aromatic heterocycles. The van der Waals surface area contributed by atoms with Crippen molar-refractivity contribution in [1.82, 2.24) is 39.8 Å². The number of nitrogens with zero attached hydrogens (tertiary/aromatic N) is 7. The summed E-state index contributed by atoms with van der Waals surface area (Å²) in [6.45, 7) is 6.00. The number of amides is 5. The van der Waals surface area contributed by atoms with E-state index < -0.39 is 17.6 Å². The predicted octanol–water partition coefficient (Wildman–Crippen LogP) is 5.72. The third-order valence-electron chi connectivity index (χ3n) is 9.46. The van der Waals surface area contributed by atoms with Crippen molar-refractivity contribution in [1.29, 1.82) is 0 Å². The summed E-state index contributed by atoms with van der Waals surface area (Å²) in [5.41, 5.74) is 3.35. The van der Waals surface area contributed by atoms with Crippen LogP contribution in [0.3, 0.4) is 0 Å². The largest absolute Gasteiger partial charge is 0.443 e. The van der Waals surface area contributed by atoms with Gasteiger partial charge in [-0.3, -0.25) is 34.7 Å². The van der Waals surface area contributed by atoms with Gasteiger partial charge in [0.15, 0.2) is 11.3 Å². The van der Waals surface area contributed by atoms with Crippen LogP contribution in [0, 0.1) is 0 Å². The highest BCUT2D eigenvalue weighted by atomic mass is 35.5. The van der Waals surface area contributed by atoms with Crippen LogP contribution in [0.1, 0.15) is 76.0 Å². The van der Waals surface area contributed by atoms with Crippen molar-refractivity contribution >= 4 is 93.8 Å². The molecule has 5 aromatic rings. The summed E-state index contributed by atoms with van der Waals surface area (Å²) in [5.74, 6) is 0.503. The molecule has 6 heterocycles. The van der Waals surface area contributed by atoms with Crippen LogP contribution in [-0.2, 0) is 30.5 Å². The maximum atomic E-state index is 12.9. The van der Waals surface area contributed by atoms with Crippen molar-refractivity contribution in [2.24, 2.45) is 0 Å². The van der Waals surface area contributed by atoms with Gasteiger partial charge in [0.1, 0.15) is 28.2 Å².